The van der Waals surface area contributed by atoms with E-state index in [1.54, 1.807) is 36.1 Å². The van der Waals surface area contributed by atoms with Gasteiger partial charge in [0.15, 0.2) is 0 Å². The quantitative estimate of drug-likeness (QED) is 0.275. The molecular weight excluding hydrogens is 523 g/mol. The van der Waals surface area contributed by atoms with Crippen LogP contribution in [0.1, 0.15) is 51.1 Å². The number of benzene rings is 2. The number of methoxy groups -OCH3 is 1. The van der Waals surface area contributed by atoms with E-state index in [1.807, 2.05) is 13.8 Å². The number of rotatable bonds is 8. The molecule has 0 unspecified atom stereocenters. The molecule has 40 heavy (non-hydrogen) atoms. The van der Waals surface area contributed by atoms with Gasteiger partial charge in [-0.1, -0.05) is 6.07 Å². The van der Waals surface area contributed by atoms with Gasteiger partial charge < -0.3 is 15.8 Å². The van der Waals surface area contributed by atoms with Crippen LogP contribution in [0.4, 0.5) is 24.5 Å². The predicted molar refractivity (Wildman–Crippen MR) is 148 cm³/mol. The first kappa shape index (κ1) is 29.0. The molecule has 0 bridgehead atoms. The molecule has 0 atom stereocenters. The van der Waals surface area contributed by atoms with Crippen molar-refractivity contribution >= 4 is 23.0 Å². The molecule has 3 aromatic rings. The van der Waals surface area contributed by atoms with Gasteiger partial charge in [-0.3, -0.25) is 19.4 Å². The summed E-state index contributed by atoms with van der Waals surface area (Å²) in [6.45, 7) is 5.57. The van der Waals surface area contributed by atoms with Crippen LogP contribution >= 0.6 is 0 Å². The van der Waals surface area contributed by atoms with Gasteiger partial charge in [0.1, 0.15) is 5.75 Å². The highest BCUT2D eigenvalue weighted by Crippen LogP contribution is 2.39. The third kappa shape index (κ3) is 6.23. The molecule has 2 heterocycles. The van der Waals surface area contributed by atoms with Crippen molar-refractivity contribution in [1.29, 1.82) is 0 Å². The van der Waals surface area contributed by atoms with Crippen molar-refractivity contribution in [3.8, 4) is 5.75 Å². The highest BCUT2D eigenvalue weighted by Gasteiger charge is 2.33. The molecule has 12 heteroatoms. The Balaban J connectivity index is 1.64. The first-order chi connectivity index (χ1) is 18.9. The van der Waals surface area contributed by atoms with E-state index in [2.05, 4.69) is 15.3 Å². The molecular formula is C28H34F3N7O2. The summed E-state index contributed by atoms with van der Waals surface area (Å²) >= 11 is 0. The van der Waals surface area contributed by atoms with Crippen LogP contribution in [0.5, 0.6) is 5.75 Å². The number of ether oxygens (including phenoxy) is 1. The number of halogens is 3. The zero-order valence-corrected chi connectivity index (χ0v) is 23.0. The molecule has 1 amide bonds. The molecule has 1 aliphatic rings. The van der Waals surface area contributed by atoms with Gasteiger partial charge in [0.2, 0.25) is 0 Å². The Labute approximate surface area is 231 Å². The second-order valence-corrected chi connectivity index (χ2v) is 9.91. The summed E-state index contributed by atoms with van der Waals surface area (Å²) in [7, 11) is 3.18. The average Bonchev–Trinajstić information content (AvgIpc) is 3.53. The molecule has 0 radical (unpaired) electrons. The van der Waals surface area contributed by atoms with Crippen LogP contribution in [0.3, 0.4) is 0 Å². The number of anilines is 2. The smallest absolute Gasteiger partial charge is 0.416 e. The maximum Gasteiger partial charge on any atom is 0.416 e. The van der Waals surface area contributed by atoms with Gasteiger partial charge in [-0.05, 0) is 69.6 Å². The number of hydrazine groups is 1. The van der Waals surface area contributed by atoms with E-state index >= 15 is 0 Å². The third-order valence-electron chi connectivity index (χ3n) is 7.11. The fraction of sp³-hybridized carbons (Fsp3) is 0.357. The predicted octanol–water partition coefficient (Wildman–Crippen LogP) is 4.55. The van der Waals surface area contributed by atoms with Crippen LogP contribution in [0.25, 0.3) is 5.70 Å². The number of amides is 1. The van der Waals surface area contributed by atoms with Crippen molar-refractivity contribution in [3.05, 3.63) is 76.2 Å². The molecule has 0 saturated carbocycles. The number of carbonyl (C=O) groups excluding carboxylic acids is 1. The number of alkyl halides is 3. The number of likely N-dealkylation sites (tertiary alicyclic amines) is 1. The molecule has 1 aromatic heterocycles. The van der Waals surface area contributed by atoms with E-state index in [-0.39, 0.29) is 23.5 Å². The largest absolute Gasteiger partial charge is 0.494 e. The maximum atomic E-state index is 13.8. The lowest BCUT2D eigenvalue weighted by Crippen LogP contribution is -2.27. The first-order valence-corrected chi connectivity index (χ1v) is 12.8. The van der Waals surface area contributed by atoms with Crippen molar-refractivity contribution in [2.45, 2.75) is 39.4 Å². The van der Waals surface area contributed by atoms with Crippen LogP contribution < -0.4 is 26.6 Å². The topological polar surface area (TPSA) is 115 Å². The van der Waals surface area contributed by atoms with E-state index in [0.29, 0.717) is 22.5 Å². The zero-order valence-electron chi connectivity index (χ0n) is 23.0. The Morgan fingerprint density at radius 1 is 1.20 bits per heavy atom. The van der Waals surface area contributed by atoms with E-state index in [0.717, 1.165) is 49.3 Å². The highest BCUT2D eigenvalue weighted by atomic mass is 19.4. The number of aryl methyl sites for hydroxylation is 2. The number of carbonyl (C=O) groups is 1. The molecule has 1 aliphatic heterocycles. The van der Waals surface area contributed by atoms with E-state index in [9.17, 15) is 18.0 Å². The maximum absolute atomic E-state index is 13.8. The third-order valence-corrected chi connectivity index (χ3v) is 7.11. The van der Waals surface area contributed by atoms with Crippen molar-refractivity contribution in [3.63, 3.8) is 0 Å². The summed E-state index contributed by atoms with van der Waals surface area (Å²) < 4.78 is 48.6. The number of nitrogens with zero attached hydrogens (tertiary/aromatic N) is 4. The van der Waals surface area contributed by atoms with Crippen LogP contribution in [0.15, 0.2) is 42.7 Å². The van der Waals surface area contributed by atoms with Gasteiger partial charge in [0.25, 0.3) is 5.91 Å². The van der Waals surface area contributed by atoms with Gasteiger partial charge in [-0.25, -0.2) is 5.84 Å². The van der Waals surface area contributed by atoms with Crippen LogP contribution in [0, 0.1) is 13.8 Å². The number of nitrogens with two attached hydrogens (primary N) is 2. The van der Waals surface area contributed by atoms with Crippen LogP contribution in [0.2, 0.25) is 0 Å². The molecule has 9 nitrogen and oxygen atoms in total. The lowest BCUT2D eigenvalue weighted by molar-refractivity contribution is -0.137. The lowest BCUT2D eigenvalue weighted by Gasteiger charge is -2.22. The Hall–Kier alpha value is -4.03. The van der Waals surface area contributed by atoms with Crippen LogP contribution in [-0.2, 0) is 19.8 Å². The van der Waals surface area contributed by atoms with Crippen molar-refractivity contribution in [2.24, 2.45) is 18.6 Å². The monoisotopic (exact) mass is 557 g/mol. The summed E-state index contributed by atoms with van der Waals surface area (Å²) in [4.78, 5) is 15.4. The van der Waals surface area contributed by atoms with Gasteiger partial charge in [-0.2, -0.15) is 18.3 Å². The molecule has 5 N–H and O–H groups in total. The van der Waals surface area contributed by atoms with Crippen molar-refractivity contribution < 1.29 is 22.7 Å². The van der Waals surface area contributed by atoms with E-state index < -0.39 is 17.6 Å². The average molecular weight is 558 g/mol. The fourth-order valence-electron chi connectivity index (χ4n) is 4.78. The van der Waals surface area contributed by atoms with Gasteiger partial charge in [-0.15, -0.1) is 0 Å². The SMILES string of the molecule is COc1c(CN2CCCC2)cc(C(F)(F)F)cc1NC(=O)c1ccc(C)c(N(N)/C=C(\N)c2cnn(C)c2C)c1. The molecule has 4 rings (SSSR count). The highest BCUT2D eigenvalue weighted by molar-refractivity contribution is 6.06. The molecule has 1 fully saturated rings. The summed E-state index contributed by atoms with van der Waals surface area (Å²) in [5, 5.41) is 8.11. The number of hydrogen-bond acceptors (Lipinski definition) is 7. The van der Waals surface area contributed by atoms with Crippen molar-refractivity contribution in [1.82, 2.24) is 14.7 Å². The fourth-order valence-corrected chi connectivity index (χ4v) is 4.78. The summed E-state index contributed by atoms with van der Waals surface area (Å²) in [6, 6.07) is 6.81. The normalized spacial score (nSPS) is 14.4. The Morgan fingerprint density at radius 3 is 2.50 bits per heavy atom. The summed E-state index contributed by atoms with van der Waals surface area (Å²) in [6.07, 6.45) is 0.533. The van der Waals surface area contributed by atoms with Gasteiger partial charge >= 0.3 is 6.18 Å². The second kappa shape index (κ2) is 11.6. The molecule has 0 spiro atoms. The molecule has 1 saturated heterocycles. The summed E-state index contributed by atoms with van der Waals surface area (Å²) in [5.74, 6) is 5.88. The Kier molecular flexibility index (Phi) is 8.40. The van der Waals surface area contributed by atoms with Crippen molar-refractivity contribution in [2.75, 3.05) is 30.5 Å². The molecule has 214 valence electrons. The van der Waals surface area contributed by atoms with E-state index in [4.69, 9.17) is 16.3 Å². The number of aromatic nitrogens is 2. The summed E-state index contributed by atoms with van der Waals surface area (Å²) in [5.41, 5.74) is 9.08. The standard InChI is InChI=1S/C28H34F3N7O2/c1-17-7-8-19(12-25(17)38(33)16-23(32)22-14-34-36(3)18(22)2)27(39)35-24-13-21(28(29,30)31)11-20(26(24)40-4)15-37-9-5-6-10-37/h7-8,11-14,16H,5-6,9-10,15,32-33H2,1-4H3,(H,35,39)/b23-16-. The van der Waals surface area contributed by atoms with Gasteiger partial charge in [0, 0.05) is 42.2 Å². The number of nitrogens with one attached hydrogen (secondary N) is 1. The second-order valence-electron chi connectivity index (χ2n) is 9.91. The number of hydrogen-bond donors (Lipinski definition) is 3. The first-order valence-electron chi connectivity index (χ1n) is 12.8. The minimum Gasteiger partial charge on any atom is -0.494 e. The minimum atomic E-state index is -4.60. The van der Waals surface area contributed by atoms with Gasteiger partial charge in [0.05, 0.1) is 35.9 Å². The zero-order chi connectivity index (χ0) is 29.2. The minimum absolute atomic E-state index is 0.0561. The Morgan fingerprint density at radius 2 is 1.90 bits per heavy atom. The molecule has 2 aromatic carbocycles. The molecule has 0 aliphatic carbocycles. The Bertz CT molecular complexity index is 1430. The van der Waals surface area contributed by atoms with E-state index in [1.165, 1.54) is 18.3 Å². The van der Waals surface area contributed by atoms with Crippen LogP contribution in [-0.4, -0.2) is 40.8 Å². The lowest BCUT2D eigenvalue weighted by atomic mass is 10.1.